The van der Waals surface area contributed by atoms with Crippen LogP contribution in [0.3, 0.4) is 0 Å². The minimum absolute atomic E-state index is 0.0788. The molecule has 0 saturated carbocycles. The molecule has 1 amide bonds. The number of carbonyl (C=O) groups is 1. The van der Waals surface area contributed by atoms with Gasteiger partial charge in [-0.3, -0.25) is 4.79 Å². The first-order valence-corrected chi connectivity index (χ1v) is 7.04. The molecule has 0 unspecified atom stereocenters. The molecule has 0 saturated heterocycles. The van der Waals surface area contributed by atoms with Crippen molar-refractivity contribution in [3.8, 4) is 5.75 Å². The summed E-state index contributed by atoms with van der Waals surface area (Å²) < 4.78 is 16.0. The maximum absolute atomic E-state index is 12.6. The standard InChI is InChI=1S/C14H20BrNO4/c1-18-8-6-16(7-9-19-2)14(17)12-10-11(20-3)4-5-13(12)15/h4-5,10H,6-9H2,1-3H3. The van der Waals surface area contributed by atoms with Crippen molar-refractivity contribution in [3.05, 3.63) is 28.2 Å². The summed E-state index contributed by atoms with van der Waals surface area (Å²) in [4.78, 5) is 14.3. The summed E-state index contributed by atoms with van der Waals surface area (Å²) in [7, 11) is 4.80. The molecule has 0 radical (unpaired) electrons. The van der Waals surface area contributed by atoms with Gasteiger partial charge in [-0.25, -0.2) is 0 Å². The molecule has 1 rings (SSSR count). The normalized spacial score (nSPS) is 10.4. The lowest BCUT2D eigenvalue weighted by Gasteiger charge is -2.22. The summed E-state index contributed by atoms with van der Waals surface area (Å²) in [6, 6.07) is 5.32. The van der Waals surface area contributed by atoms with Gasteiger partial charge in [-0.2, -0.15) is 0 Å². The first-order valence-electron chi connectivity index (χ1n) is 6.24. The monoisotopic (exact) mass is 345 g/mol. The summed E-state index contributed by atoms with van der Waals surface area (Å²) >= 11 is 3.40. The number of benzene rings is 1. The summed E-state index contributed by atoms with van der Waals surface area (Å²) in [6.07, 6.45) is 0. The fourth-order valence-corrected chi connectivity index (χ4v) is 2.10. The zero-order valence-electron chi connectivity index (χ0n) is 12.0. The quantitative estimate of drug-likeness (QED) is 0.724. The van der Waals surface area contributed by atoms with Crippen molar-refractivity contribution >= 4 is 21.8 Å². The molecule has 20 heavy (non-hydrogen) atoms. The summed E-state index contributed by atoms with van der Waals surface area (Å²) in [5, 5.41) is 0. The Labute approximate surface area is 127 Å². The Morgan fingerprint density at radius 2 is 1.75 bits per heavy atom. The number of rotatable bonds is 8. The smallest absolute Gasteiger partial charge is 0.255 e. The molecule has 1 aromatic carbocycles. The molecule has 0 aliphatic rings. The van der Waals surface area contributed by atoms with Gasteiger partial charge in [0.25, 0.3) is 5.91 Å². The molecule has 0 aliphatic heterocycles. The lowest BCUT2D eigenvalue weighted by molar-refractivity contribution is 0.0626. The Hall–Kier alpha value is -1.11. The van der Waals surface area contributed by atoms with E-state index >= 15 is 0 Å². The second kappa shape index (κ2) is 8.94. The van der Waals surface area contributed by atoms with E-state index in [4.69, 9.17) is 14.2 Å². The van der Waals surface area contributed by atoms with Crippen LogP contribution in [0.1, 0.15) is 10.4 Å². The SMILES string of the molecule is COCCN(CCOC)C(=O)c1cc(OC)ccc1Br. The minimum atomic E-state index is -0.0788. The van der Waals surface area contributed by atoms with E-state index in [0.29, 0.717) is 37.6 Å². The van der Waals surface area contributed by atoms with Crippen molar-refractivity contribution in [1.29, 1.82) is 0 Å². The Morgan fingerprint density at radius 1 is 1.15 bits per heavy atom. The van der Waals surface area contributed by atoms with Gasteiger partial charge in [-0.15, -0.1) is 0 Å². The number of carbonyl (C=O) groups excluding carboxylic acids is 1. The van der Waals surface area contributed by atoms with Crippen LogP contribution in [-0.2, 0) is 9.47 Å². The molecule has 0 N–H and O–H groups in total. The van der Waals surface area contributed by atoms with Crippen LogP contribution in [0.5, 0.6) is 5.75 Å². The van der Waals surface area contributed by atoms with Crippen molar-refractivity contribution in [2.45, 2.75) is 0 Å². The van der Waals surface area contributed by atoms with Gasteiger partial charge in [0.05, 0.1) is 25.9 Å². The van der Waals surface area contributed by atoms with Crippen LogP contribution < -0.4 is 4.74 Å². The van der Waals surface area contributed by atoms with E-state index < -0.39 is 0 Å². The van der Waals surface area contributed by atoms with Crippen LogP contribution in [0.2, 0.25) is 0 Å². The first kappa shape index (κ1) is 16.9. The average molecular weight is 346 g/mol. The Morgan fingerprint density at radius 3 is 2.25 bits per heavy atom. The van der Waals surface area contributed by atoms with Gasteiger partial charge in [0.15, 0.2) is 0 Å². The van der Waals surface area contributed by atoms with E-state index in [0.717, 1.165) is 4.47 Å². The third-order valence-electron chi connectivity index (χ3n) is 2.82. The zero-order valence-corrected chi connectivity index (χ0v) is 13.6. The van der Waals surface area contributed by atoms with Crippen LogP contribution in [0.4, 0.5) is 0 Å². The van der Waals surface area contributed by atoms with Crippen molar-refractivity contribution < 1.29 is 19.0 Å². The van der Waals surface area contributed by atoms with E-state index in [1.54, 1.807) is 44.4 Å². The molecule has 112 valence electrons. The lowest BCUT2D eigenvalue weighted by atomic mass is 10.2. The van der Waals surface area contributed by atoms with Crippen LogP contribution in [-0.4, -0.2) is 58.4 Å². The molecule has 0 spiro atoms. The highest BCUT2D eigenvalue weighted by molar-refractivity contribution is 9.10. The second-order valence-electron chi connectivity index (χ2n) is 4.12. The molecular weight excluding hydrogens is 326 g/mol. The fraction of sp³-hybridized carbons (Fsp3) is 0.500. The zero-order chi connectivity index (χ0) is 15.0. The molecule has 0 atom stereocenters. The summed E-state index contributed by atoms with van der Waals surface area (Å²) in [5.41, 5.74) is 0.566. The molecule has 0 aromatic heterocycles. The number of nitrogens with zero attached hydrogens (tertiary/aromatic N) is 1. The molecule has 0 fully saturated rings. The summed E-state index contributed by atoms with van der Waals surface area (Å²) in [5.74, 6) is 0.569. The number of hydrogen-bond donors (Lipinski definition) is 0. The third-order valence-corrected chi connectivity index (χ3v) is 3.51. The Bertz CT molecular complexity index is 431. The minimum Gasteiger partial charge on any atom is -0.497 e. The van der Waals surface area contributed by atoms with E-state index in [-0.39, 0.29) is 5.91 Å². The highest BCUT2D eigenvalue weighted by Gasteiger charge is 2.18. The summed E-state index contributed by atoms with van der Waals surface area (Å²) in [6.45, 7) is 2.00. The largest absolute Gasteiger partial charge is 0.497 e. The second-order valence-corrected chi connectivity index (χ2v) is 4.98. The Balaban J connectivity index is 2.91. The van der Waals surface area contributed by atoms with E-state index in [1.165, 1.54) is 0 Å². The van der Waals surface area contributed by atoms with Crippen LogP contribution >= 0.6 is 15.9 Å². The molecule has 0 bridgehead atoms. The molecule has 0 heterocycles. The van der Waals surface area contributed by atoms with Crippen molar-refractivity contribution in [2.24, 2.45) is 0 Å². The van der Waals surface area contributed by atoms with Crippen LogP contribution in [0, 0.1) is 0 Å². The van der Waals surface area contributed by atoms with E-state index in [2.05, 4.69) is 15.9 Å². The van der Waals surface area contributed by atoms with Crippen LogP contribution in [0.25, 0.3) is 0 Å². The van der Waals surface area contributed by atoms with Gasteiger partial charge in [0.2, 0.25) is 0 Å². The van der Waals surface area contributed by atoms with Crippen molar-refractivity contribution in [3.63, 3.8) is 0 Å². The van der Waals surface area contributed by atoms with Crippen molar-refractivity contribution in [1.82, 2.24) is 4.90 Å². The number of ether oxygens (including phenoxy) is 3. The lowest BCUT2D eigenvalue weighted by Crippen LogP contribution is -2.36. The maximum atomic E-state index is 12.6. The molecular formula is C14H20BrNO4. The van der Waals surface area contributed by atoms with Gasteiger partial charge < -0.3 is 19.1 Å². The van der Waals surface area contributed by atoms with Gasteiger partial charge in [0, 0.05) is 31.8 Å². The van der Waals surface area contributed by atoms with E-state index in [9.17, 15) is 4.79 Å². The number of methoxy groups -OCH3 is 3. The highest BCUT2D eigenvalue weighted by Crippen LogP contribution is 2.23. The average Bonchev–Trinajstić information content (AvgIpc) is 2.47. The van der Waals surface area contributed by atoms with Gasteiger partial charge in [-0.1, -0.05) is 0 Å². The number of halogens is 1. The topological polar surface area (TPSA) is 48.0 Å². The number of hydrogen-bond acceptors (Lipinski definition) is 4. The molecule has 0 aliphatic carbocycles. The van der Waals surface area contributed by atoms with E-state index in [1.807, 2.05) is 0 Å². The molecule has 5 nitrogen and oxygen atoms in total. The predicted octanol–water partition coefficient (Wildman–Crippen LogP) is 2.19. The van der Waals surface area contributed by atoms with Crippen molar-refractivity contribution in [2.75, 3.05) is 47.6 Å². The first-order chi connectivity index (χ1) is 9.63. The highest BCUT2D eigenvalue weighted by atomic mass is 79.9. The van der Waals surface area contributed by atoms with Gasteiger partial charge >= 0.3 is 0 Å². The molecule has 6 heteroatoms. The predicted molar refractivity (Wildman–Crippen MR) is 80.3 cm³/mol. The van der Waals surface area contributed by atoms with Crippen LogP contribution in [0.15, 0.2) is 22.7 Å². The number of amides is 1. The fourth-order valence-electron chi connectivity index (χ4n) is 1.68. The Kier molecular flexibility index (Phi) is 7.58. The molecule has 1 aromatic rings. The third kappa shape index (κ3) is 4.77. The maximum Gasteiger partial charge on any atom is 0.255 e. The van der Waals surface area contributed by atoms with Gasteiger partial charge in [0.1, 0.15) is 5.75 Å². The van der Waals surface area contributed by atoms with Gasteiger partial charge in [-0.05, 0) is 34.1 Å².